The predicted octanol–water partition coefficient (Wildman–Crippen LogP) is -0.0635. The first kappa shape index (κ1) is 12.4. The number of rotatable bonds is 2. The molecule has 0 aliphatic carbocycles. The summed E-state index contributed by atoms with van der Waals surface area (Å²) < 4.78 is 0. The van der Waals surface area contributed by atoms with Crippen molar-refractivity contribution in [2.75, 3.05) is 6.54 Å². The maximum atomic E-state index is 9.21. The molecule has 0 heterocycles. The summed E-state index contributed by atoms with van der Waals surface area (Å²) in [4.78, 5) is 0. The second-order valence-corrected chi connectivity index (χ2v) is 2.51. The van der Waals surface area contributed by atoms with Gasteiger partial charge in [-0.1, -0.05) is 12.1 Å². The van der Waals surface area contributed by atoms with E-state index >= 15 is 0 Å². The molecule has 1 unspecified atom stereocenters. The molecule has 0 aliphatic rings. The minimum absolute atomic E-state index is 0.193. The molecule has 5 nitrogen and oxygen atoms in total. The van der Waals surface area contributed by atoms with Gasteiger partial charge in [0.05, 0.1) is 12.4 Å². The van der Waals surface area contributed by atoms with Crippen LogP contribution in [-0.2, 0) is 0 Å². The highest BCUT2D eigenvalue weighted by Crippen LogP contribution is 2.15. The molecule has 1 atom stereocenters. The molecule has 0 spiro atoms. The van der Waals surface area contributed by atoms with Gasteiger partial charge >= 0.3 is 0 Å². The van der Waals surface area contributed by atoms with Crippen LogP contribution in [0.1, 0.15) is 11.7 Å². The SMILES string of the molecule is N=CN.NCC(O)c1ccc(O)cc1. The number of nitrogens with one attached hydrogen (secondary N) is 1. The van der Waals surface area contributed by atoms with E-state index in [1.54, 1.807) is 12.1 Å². The molecule has 0 saturated carbocycles. The number of benzene rings is 1. The molecule has 0 saturated heterocycles. The van der Waals surface area contributed by atoms with E-state index < -0.39 is 6.10 Å². The maximum absolute atomic E-state index is 9.21. The Morgan fingerprint density at radius 3 is 2.14 bits per heavy atom. The number of hydrogen-bond acceptors (Lipinski definition) is 4. The van der Waals surface area contributed by atoms with Crippen LogP contribution in [-0.4, -0.2) is 23.1 Å². The van der Waals surface area contributed by atoms with Gasteiger partial charge in [0.15, 0.2) is 0 Å². The van der Waals surface area contributed by atoms with Crippen LogP contribution < -0.4 is 11.5 Å². The molecule has 1 rings (SSSR count). The van der Waals surface area contributed by atoms with Crippen LogP contribution in [0, 0.1) is 5.41 Å². The Kier molecular flexibility index (Phi) is 6.09. The Balaban J connectivity index is 0.000000500. The van der Waals surface area contributed by atoms with Crippen LogP contribution in [0.2, 0.25) is 0 Å². The molecular weight excluding hydrogens is 182 g/mol. The van der Waals surface area contributed by atoms with Crippen molar-refractivity contribution in [2.24, 2.45) is 11.5 Å². The Hall–Kier alpha value is -1.59. The highest BCUT2D eigenvalue weighted by molar-refractivity contribution is 5.46. The van der Waals surface area contributed by atoms with Crippen molar-refractivity contribution < 1.29 is 10.2 Å². The number of aliphatic hydroxyl groups excluding tert-OH is 1. The van der Waals surface area contributed by atoms with Crippen molar-refractivity contribution in [1.82, 2.24) is 0 Å². The van der Waals surface area contributed by atoms with Gasteiger partial charge in [0.1, 0.15) is 5.75 Å². The summed E-state index contributed by atoms with van der Waals surface area (Å²) in [5.74, 6) is 0.193. The largest absolute Gasteiger partial charge is 0.508 e. The summed E-state index contributed by atoms with van der Waals surface area (Å²) in [7, 11) is 0. The fraction of sp³-hybridized carbons (Fsp3) is 0.222. The van der Waals surface area contributed by atoms with Gasteiger partial charge in [-0.05, 0) is 17.7 Å². The summed E-state index contributed by atoms with van der Waals surface area (Å²) in [6.07, 6.45) is 0.121. The zero-order valence-electron chi connectivity index (χ0n) is 7.72. The lowest BCUT2D eigenvalue weighted by Crippen LogP contribution is -2.10. The zero-order chi connectivity index (χ0) is 11.0. The molecule has 14 heavy (non-hydrogen) atoms. The van der Waals surface area contributed by atoms with Crippen LogP contribution in [0.25, 0.3) is 0 Å². The molecular formula is C9H15N3O2. The molecule has 0 amide bonds. The van der Waals surface area contributed by atoms with Crippen molar-refractivity contribution in [3.05, 3.63) is 29.8 Å². The minimum Gasteiger partial charge on any atom is -0.508 e. The summed E-state index contributed by atoms with van der Waals surface area (Å²) in [5.41, 5.74) is 10.3. The van der Waals surface area contributed by atoms with E-state index in [9.17, 15) is 5.11 Å². The predicted molar refractivity (Wildman–Crippen MR) is 55.1 cm³/mol. The van der Waals surface area contributed by atoms with E-state index in [1.807, 2.05) is 0 Å². The van der Waals surface area contributed by atoms with Gasteiger partial charge in [0.2, 0.25) is 0 Å². The Morgan fingerprint density at radius 2 is 1.79 bits per heavy atom. The minimum atomic E-state index is -0.629. The van der Waals surface area contributed by atoms with Crippen molar-refractivity contribution in [1.29, 1.82) is 5.41 Å². The normalized spacial score (nSPS) is 11.0. The van der Waals surface area contributed by atoms with Crippen LogP contribution in [0.15, 0.2) is 24.3 Å². The van der Waals surface area contributed by atoms with Crippen LogP contribution in [0.3, 0.4) is 0 Å². The lowest BCUT2D eigenvalue weighted by molar-refractivity contribution is 0.186. The smallest absolute Gasteiger partial charge is 0.115 e. The highest BCUT2D eigenvalue weighted by atomic mass is 16.3. The molecule has 1 aromatic carbocycles. The van der Waals surface area contributed by atoms with Gasteiger partial charge in [-0.3, -0.25) is 5.41 Å². The Bertz CT molecular complexity index is 261. The van der Waals surface area contributed by atoms with E-state index in [-0.39, 0.29) is 12.3 Å². The molecule has 1 aromatic rings. The highest BCUT2D eigenvalue weighted by Gasteiger charge is 2.02. The average molecular weight is 197 g/mol. The van der Waals surface area contributed by atoms with Gasteiger partial charge in [-0.25, -0.2) is 0 Å². The van der Waals surface area contributed by atoms with Crippen LogP contribution in [0.5, 0.6) is 5.75 Å². The standard InChI is InChI=1S/C8H11NO2.CH4N2/c9-5-8(11)6-1-3-7(10)4-2-6;2-1-3/h1-4,8,10-11H,5,9H2;1H,(H3,2,3). The lowest BCUT2D eigenvalue weighted by atomic mass is 10.1. The third-order valence-electron chi connectivity index (χ3n) is 1.50. The lowest BCUT2D eigenvalue weighted by Gasteiger charge is -2.06. The first-order valence-corrected chi connectivity index (χ1v) is 4.03. The fourth-order valence-electron chi connectivity index (χ4n) is 0.833. The molecule has 5 heteroatoms. The fourth-order valence-corrected chi connectivity index (χ4v) is 0.833. The third-order valence-corrected chi connectivity index (χ3v) is 1.50. The summed E-state index contributed by atoms with van der Waals surface area (Å²) in [6, 6.07) is 6.34. The van der Waals surface area contributed by atoms with Crippen molar-refractivity contribution in [2.45, 2.75) is 6.10 Å². The molecule has 0 bridgehead atoms. The van der Waals surface area contributed by atoms with Crippen LogP contribution >= 0.6 is 0 Å². The number of nitrogens with two attached hydrogens (primary N) is 2. The summed E-state index contributed by atoms with van der Waals surface area (Å²) in [5, 5.41) is 24.0. The second-order valence-electron chi connectivity index (χ2n) is 2.51. The van der Waals surface area contributed by atoms with E-state index in [4.69, 9.17) is 16.2 Å². The number of phenols is 1. The Morgan fingerprint density at radius 1 is 1.36 bits per heavy atom. The number of aromatic hydroxyl groups is 1. The van der Waals surface area contributed by atoms with E-state index in [1.165, 1.54) is 12.1 Å². The first-order chi connectivity index (χ1) is 6.65. The molecule has 78 valence electrons. The number of aliphatic hydroxyl groups is 1. The molecule has 0 aromatic heterocycles. The quantitative estimate of drug-likeness (QED) is 0.337. The van der Waals surface area contributed by atoms with Gasteiger partial charge in [-0.2, -0.15) is 0 Å². The molecule has 0 radical (unpaired) electrons. The maximum Gasteiger partial charge on any atom is 0.115 e. The third kappa shape index (κ3) is 4.44. The van der Waals surface area contributed by atoms with Gasteiger partial charge < -0.3 is 21.7 Å². The molecule has 0 aliphatic heterocycles. The molecule has 0 fully saturated rings. The Labute approximate surface area is 82.5 Å². The van der Waals surface area contributed by atoms with Crippen molar-refractivity contribution in [3.8, 4) is 5.75 Å². The zero-order valence-corrected chi connectivity index (χ0v) is 7.72. The topological polar surface area (TPSA) is 116 Å². The first-order valence-electron chi connectivity index (χ1n) is 4.03. The average Bonchev–Trinajstić information content (AvgIpc) is 2.19. The van der Waals surface area contributed by atoms with Crippen molar-refractivity contribution >= 4 is 6.34 Å². The van der Waals surface area contributed by atoms with Gasteiger partial charge in [0, 0.05) is 6.54 Å². The number of phenolic OH excluding ortho intramolecular Hbond substituents is 1. The van der Waals surface area contributed by atoms with E-state index in [0.29, 0.717) is 0 Å². The second kappa shape index (κ2) is 6.88. The molecule has 7 N–H and O–H groups in total. The van der Waals surface area contributed by atoms with Gasteiger partial charge in [-0.15, -0.1) is 0 Å². The summed E-state index contributed by atoms with van der Waals surface area (Å²) >= 11 is 0. The van der Waals surface area contributed by atoms with Gasteiger partial charge in [0.25, 0.3) is 0 Å². The van der Waals surface area contributed by atoms with Crippen LogP contribution in [0.4, 0.5) is 0 Å². The van der Waals surface area contributed by atoms with Crippen molar-refractivity contribution in [3.63, 3.8) is 0 Å². The number of hydrogen-bond donors (Lipinski definition) is 5. The summed E-state index contributed by atoms with van der Waals surface area (Å²) in [6.45, 7) is 0.199. The van der Waals surface area contributed by atoms with E-state index in [0.717, 1.165) is 11.9 Å². The monoisotopic (exact) mass is 197 g/mol. The van der Waals surface area contributed by atoms with E-state index in [2.05, 4.69) is 5.73 Å².